The van der Waals surface area contributed by atoms with Crippen molar-refractivity contribution in [3.63, 3.8) is 0 Å². The SMILES string of the molecule is Cc1nn(C)c(CCO)c1Br.Cl. The summed E-state index contributed by atoms with van der Waals surface area (Å²) in [5.41, 5.74) is 2.01. The van der Waals surface area contributed by atoms with Gasteiger partial charge in [0.15, 0.2) is 0 Å². The highest BCUT2D eigenvalue weighted by Crippen LogP contribution is 2.19. The molecule has 0 bridgehead atoms. The first-order chi connectivity index (χ1) is 5.16. The lowest BCUT2D eigenvalue weighted by molar-refractivity contribution is 0.296. The predicted molar refractivity (Wildman–Crippen MR) is 53.7 cm³/mol. The molecule has 12 heavy (non-hydrogen) atoms. The Morgan fingerprint density at radius 1 is 1.58 bits per heavy atom. The average Bonchev–Trinajstić information content (AvgIpc) is 2.17. The van der Waals surface area contributed by atoms with Crippen molar-refractivity contribution in [1.82, 2.24) is 9.78 Å². The normalized spacial score (nSPS) is 9.67. The highest BCUT2D eigenvalue weighted by atomic mass is 79.9. The monoisotopic (exact) mass is 254 g/mol. The molecule has 0 saturated heterocycles. The molecule has 1 heterocycles. The summed E-state index contributed by atoms with van der Waals surface area (Å²) in [7, 11) is 1.88. The predicted octanol–water partition coefficient (Wildman–Crippen LogP) is 1.45. The minimum Gasteiger partial charge on any atom is -0.396 e. The van der Waals surface area contributed by atoms with Crippen LogP contribution < -0.4 is 0 Å². The van der Waals surface area contributed by atoms with Crippen molar-refractivity contribution in [2.24, 2.45) is 7.05 Å². The van der Waals surface area contributed by atoms with E-state index in [0.29, 0.717) is 6.42 Å². The van der Waals surface area contributed by atoms with Gasteiger partial charge in [0.25, 0.3) is 0 Å². The van der Waals surface area contributed by atoms with Crippen molar-refractivity contribution in [3.8, 4) is 0 Å². The number of hydrogen-bond donors (Lipinski definition) is 1. The van der Waals surface area contributed by atoms with Gasteiger partial charge >= 0.3 is 0 Å². The standard InChI is InChI=1S/C7H11BrN2O.ClH/c1-5-7(8)6(3-4-11)10(2)9-5;/h11H,3-4H2,1-2H3;1H. The lowest BCUT2D eigenvalue weighted by Gasteiger charge is -1.98. The second-order valence-electron chi connectivity index (χ2n) is 2.44. The molecule has 0 atom stereocenters. The molecule has 0 spiro atoms. The summed E-state index contributed by atoms with van der Waals surface area (Å²) >= 11 is 3.41. The molecule has 5 heteroatoms. The van der Waals surface area contributed by atoms with Gasteiger partial charge in [-0.3, -0.25) is 4.68 Å². The van der Waals surface area contributed by atoms with Gasteiger partial charge in [-0.25, -0.2) is 0 Å². The van der Waals surface area contributed by atoms with Crippen molar-refractivity contribution in [3.05, 3.63) is 15.9 Å². The fourth-order valence-electron chi connectivity index (χ4n) is 1.06. The molecular formula is C7H12BrClN2O. The van der Waals surface area contributed by atoms with Crippen LogP contribution in [0.15, 0.2) is 4.47 Å². The maximum Gasteiger partial charge on any atom is 0.0738 e. The molecule has 1 rings (SSSR count). The van der Waals surface area contributed by atoms with Gasteiger partial charge in [0.2, 0.25) is 0 Å². The lowest BCUT2D eigenvalue weighted by atomic mass is 10.3. The van der Waals surface area contributed by atoms with E-state index in [-0.39, 0.29) is 19.0 Å². The van der Waals surface area contributed by atoms with Crippen LogP contribution in [0, 0.1) is 6.92 Å². The first-order valence-corrected chi connectivity index (χ1v) is 4.25. The second-order valence-corrected chi connectivity index (χ2v) is 3.24. The molecule has 1 aromatic heterocycles. The molecule has 3 nitrogen and oxygen atoms in total. The highest BCUT2D eigenvalue weighted by Gasteiger charge is 2.08. The Morgan fingerprint density at radius 2 is 2.17 bits per heavy atom. The van der Waals surface area contributed by atoms with Crippen LogP contribution in [0.2, 0.25) is 0 Å². The molecule has 0 unspecified atom stereocenters. The van der Waals surface area contributed by atoms with E-state index in [9.17, 15) is 0 Å². The molecule has 0 fully saturated rings. The van der Waals surface area contributed by atoms with E-state index in [2.05, 4.69) is 21.0 Å². The van der Waals surface area contributed by atoms with E-state index in [4.69, 9.17) is 5.11 Å². The van der Waals surface area contributed by atoms with Crippen molar-refractivity contribution in [2.45, 2.75) is 13.3 Å². The van der Waals surface area contributed by atoms with E-state index in [1.807, 2.05) is 14.0 Å². The third-order valence-corrected chi connectivity index (χ3v) is 2.64. The molecule has 0 aliphatic rings. The zero-order chi connectivity index (χ0) is 8.43. The summed E-state index contributed by atoms with van der Waals surface area (Å²) in [5, 5.41) is 12.9. The van der Waals surface area contributed by atoms with Gasteiger partial charge in [-0.15, -0.1) is 12.4 Å². The van der Waals surface area contributed by atoms with Crippen LogP contribution in [-0.2, 0) is 13.5 Å². The summed E-state index contributed by atoms with van der Waals surface area (Å²) in [5.74, 6) is 0. The minimum atomic E-state index is 0. The number of aryl methyl sites for hydroxylation is 2. The van der Waals surface area contributed by atoms with Crippen LogP contribution in [0.4, 0.5) is 0 Å². The highest BCUT2D eigenvalue weighted by molar-refractivity contribution is 9.10. The topological polar surface area (TPSA) is 38.0 Å². The fourth-order valence-corrected chi connectivity index (χ4v) is 1.59. The zero-order valence-corrected chi connectivity index (χ0v) is 9.44. The number of rotatable bonds is 2. The van der Waals surface area contributed by atoms with E-state index in [1.165, 1.54) is 0 Å². The number of nitrogens with zero attached hydrogens (tertiary/aromatic N) is 2. The summed E-state index contributed by atoms with van der Waals surface area (Å²) in [6.07, 6.45) is 0.651. The molecule has 0 aliphatic heterocycles. The Labute approximate surface area is 86.3 Å². The maximum absolute atomic E-state index is 8.72. The first kappa shape index (κ1) is 11.9. The Morgan fingerprint density at radius 3 is 2.50 bits per heavy atom. The minimum absolute atomic E-state index is 0. The molecule has 0 aliphatic carbocycles. The zero-order valence-electron chi connectivity index (χ0n) is 7.04. The van der Waals surface area contributed by atoms with Gasteiger partial charge < -0.3 is 5.11 Å². The van der Waals surface area contributed by atoms with E-state index >= 15 is 0 Å². The van der Waals surface area contributed by atoms with E-state index in [1.54, 1.807) is 4.68 Å². The molecule has 0 amide bonds. The molecule has 70 valence electrons. The van der Waals surface area contributed by atoms with Gasteiger partial charge in [-0.2, -0.15) is 5.10 Å². The summed E-state index contributed by atoms with van der Waals surface area (Å²) in [6.45, 7) is 2.10. The van der Waals surface area contributed by atoms with Crippen LogP contribution >= 0.6 is 28.3 Å². The smallest absolute Gasteiger partial charge is 0.0738 e. The third-order valence-electron chi connectivity index (χ3n) is 1.61. The van der Waals surface area contributed by atoms with Crippen LogP contribution in [0.3, 0.4) is 0 Å². The first-order valence-electron chi connectivity index (χ1n) is 3.45. The molecule has 1 aromatic rings. The van der Waals surface area contributed by atoms with E-state index < -0.39 is 0 Å². The number of aromatic nitrogens is 2. The van der Waals surface area contributed by atoms with Crippen LogP contribution in [0.5, 0.6) is 0 Å². The largest absolute Gasteiger partial charge is 0.396 e. The van der Waals surface area contributed by atoms with Crippen molar-refractivity contribution < 1.29 is 5.11 Å². The Hall–Kier alpha value is -0.0600. The fraction of sp³-hybridized carbons (Fsp3) is 0.571. The van der Waals surface area contributed by atoms with Gasteiger partial charge in [-0.1, -0.05) is 0 Å². The number of aliphatic hydroxyl groups is 1. The van der Waals surface area contributed by atoms with Crippen LogP contribution in [0.25, 0.3) is 0 Å². The molecule has 0 aromatic carbocycles. The van der Waals surface area contributed by atoms with Crippen molar-refractivity contribution >= 4 is 28.3 Å². The Balaban J connectivity index is 0.00000121. The summed E-state index contributed by atoms with van der Waals surface area (Å²) < 4.78 is 2.80. The maximum atomic E-state index is 8.72. The molecule has 0 radical (unpaired) electrons. The number of aliphatic hydroxyl groups excluding tert-OH is 1. The number of hydrogen-bond acceptors (Lipinski definition) is 2. The second kappa shape index (κ2) is 4.84. The average molecular weight is 256 g/mol. The van der Waals surface area contributed by atoms with Gasteiger partial charge in [0, 0.05) is 20.1 Å². The molecule has 0 saturated carbocycles. The van der Waals surface area contributed by atoms with Crippen LogP contribution in [-0.4, -0.2) is 21.5 Å². The lowest BCUT2D eigenvalue weighted by Crippen LogP contribution is -2.00. The van der Waals surface area contributed by atoms with Gasteiger partial charge in [-0.05, 0) is 22.9 Å². The third kappa shape index (κ3) is 2.21. The Bertz CT molecular complexity index is 262. The molecular weight excluding hydrogens is 243 g/mol. The quantitative estimate of drug-likeness (QED) is 0.869. The van der Waals surface area contributed by atoms with Crippen LogP contribution in [0.1, 0.15) is 11.4 Å². The number of halogens is 2. The van der Waals surface area contributed by atoms with Crippen molar-refractivity contribution in [2.75, 3.05) is 6.61 Å². The molecule has 1 N–H and O–H groups in total. The van der Waals surface area contributed by atoms with Gasteiger partial charge in [0.1, 0.15) is 0 Å². The summed E-state index contributed by atoms with van der Waals surface area (Å²) in [4.78, 5) is 0. The Kier molecular flexibility index (Phi) is 4.82. The van der Waals surface area contributed by atoms with E-state index in [0.717, 1.165) is 15.9 Å². The van der Waals surface area contributed by atoms with Gasteiger partial charge in [0.05, 0.1) is 15.9 Å². The van der Waals surface area contributed by atoms with Crippen molar-refractivity contribution in [1.29, 1.82) is 0 Å². The summed E-state index contributed by atoms with van der Waals surface area (Å²) in [6, 6.07) is 0.